The maximum atomic E-state index is 12.3. The van der Waals surface area contributed by atoms with Crippen LogP contribution in [0.1, 0.15) is 30.2 Å². The second-order valence-electron chi connectivity index (χ2n) is 5.77. The molecule has 0 saturated heterocycles. The number of H-pyrrole nitrogens is 1. The summed E-state index contributed by atoms with van der Waals surface area (Å²) in [5.74, 6) is -0.109. The largest absolute Gasteiger partial charge is 0.325 e. The van der Waals surface area contributed by atoms with Crippen molar-refractivity contribution in [1.82, 2.24) is 9.97 Å². The molecule has 0 spiro atoms. The number of hydrogen-bond donors (Lipinski definition) is 2. The van der Waals surface area contributed by atoms with Gasteiger partial charge in [0.2, 0.25) is 5.91 Å². The van der Waals surface area contributed by atoms with Crippen molar-refractivity contribution in [3.63, 3.8) is 0 Å². The zero-order chi connectivity index (χ0) is 16.4. The van der Waals surface area contributed by atoms with Gasteiger partial charge in [-0.1, -0.05) is 29.5 Å². The first-order valence-electron chi connectivity index (χ1n) is 7.69. The fraction of sp³-hybridized carbons (Fsp3) is 0.353. The van der Waals surface area contributed by atoms with E-state index in [0.29, 0.717) is 5.16 Å². The van der Waals surface area contributed by atoms with Crippen LogP contribution in [0.4, 0.5) is 5.69 Å². The van der Waals surface area contributed by atoms with E-state index in [4.69, 9.17) is 0 Å². The Hall–Kier alpha value is -2.08. The molecule has 2 aromatic rings. The Labute approximate surface area is 138 Å². The first-order chi connectivity index (χ1) is 11.0. The topological polar surface area (TPSA) is 74.8 Å². The Morgan fingerprint density at radius 3 is 2.78 bits per heavy atom. The number of nitrogens with zero attached hydrogens (tertiary/aromatic N) is 1. The van der Waals surface area contributed by atoms with Crippen LogP contribution in [0, 0.1) is 6.92 Å². The van der Waals surface area contributed by atoms with E-state index < -0.39 is 0 Å². The normalized spacial score (nSPS) is 14.3. The lowest BCUT2D eigenvalue weighted by Gasteiger charge is -2.12. The lowest BCUT2D eigenvalue weighted by Crippen LogP contribution is -2.23. The summed E-state index contributed by atoms with van der Waals surface area (Å²) in [6, 6.07) is 7.65. The Bertz CT molecular complexity index is 783. The van der Waals surface area contributed by atoms with Crippen molar-refractivity contribution in [3.8, 4) is 0 Å². The van der Waals surface area contributed by atoms with Gasteiger partial charge < -0.3 is 10.3 Å². The van der Waals surface area contributed by atoms with Crippen molar-refractivity contribution >= 4 is 23.4 Å². The first-order valence-corrected chi connectivity index (χ1v) is 8.57. The quantitative estimate of drug-likeness (QED) is 0.668. The number of benzene rings is 1. The molecule has 0 bridgehead atoms. The van der Waals surface area contributed by atoms with Crippen LogP contribution in [-0.4, -0.2) is 21.1 Å². The molecular formula is C17H19N3O2S. The highest BCUT2D eigenvalue weighted by atomic mass is 32.2. The van der Waals surface area contributed by atoms with Gasteiger partial charge in [-0.15, -0.1) is 0 Å². The summed E-state index contributed by atoms with van der Waals surface area (Å²) in [7, 11) is 0. The van der Waals surface area contributed by atoms with Crippen LogP contribution in [0.5, 0.6) is 0 Å². The Morgan fingerprint density at radius 2 is 2.04 bits per heavy atom. The molecule has 0 radical (unpaired) electrons. The lowest BCUT2D eigenvalue weighted by molar-refractivity contribution is -0.115. The highest BCUT2D eigenvalue weighted by Crippen LogP contribution is 2.23. The second kappa shape index (κ2) is 6.58. The average molecular weight is 329 g/mol. The lowest BCUT2D eigenvalue weighted by atomic mass is 10.2. The minimum absolute atomic E-state index is 0.0684. The number of hydrogen-bond acceptors (Lipinski definition) is 4. The first kappa shape index (κ1) is 15.8. The summed E-state index contributed by atoms with van der Waals surface area (Å²) >= 11 is 1.28. The second-order valence-corrected chi connectivity index (χ2v) is 7.09. The van der Waals surface area contributed by atoms with Gasteiger partial charge in [-0.2, -0.15) is 0 Å². The maximum absolute atomic E-state index is 12.3. The number of carbonyl (C=O) groups is 1. The molecule has 1 aliphatic rings. The molecule has 1 aromatic carbocycles. The van der Waals surface area contributed by atoms with Gasteiger partial charge in [0.15, 0.2) is 5.16 Å². The highest BCUT2D eigenvalue weighted by molar-refractivity contribution is 8.00. The van der Waals surface area contributed by atoms with Crippen LogP contribution in [0.3, 0.4) is 0 Å². The molecule has 120 valence electrons. The Morgan fingerprint density at radius 1 is 1.30 bits per heavy atom. The van der Waals surface area contributed by atoms with E-state index in [-0.39, 0.29) is 16.7 Å². The van der Waals surface area contributed by atoms with Crippen molar-refractivity contribution in [2.24, 2.45) is 0 Å². The molecule has 1 heterocycles. The molecule has 1 aromatic heterocycles. The van der Waals surface area contributed by atoms with Crippen LogP contribution in [-0.2, 0) is 17.6 Å². The van der Waals surface area contributed by atoms with E-state index in [1.807, 2.05) is 31.2 Å². The highest BCUT2D eigenvalue weighted by Gasteiger charge is 2.20. The molecule has 3 rings (SSSR count). The van der Waals surface area contributed by atoms with Crippen molar-refractivity contribution < 1.29 is 4.79 Å². The third-order valence-electron chi connectivity index (χ3n) is 3.90. The zero-order valence-corrected chi connectivity index (χ0v) is 14.0. The monoisotopic (exact) mass is 329 g/mol. The van der Waals surface area contributed by atoms with E-state index in [1.54, 1.807) is 6.92 Å². The third kappa shape index (κ3) is 3.64. The number of aromatic amines is 1. The van der Waals surface area contributed by atoms with Crippen molar-refractivity contribution in [3.05, 3.63) is 51.4 Å². The van der Waals surface area contributed by atoms with E-state index in [0.717, 1.165) is 41.8 Å². The number of thioether (sulfide) groups is 1. The smallest absolute Gasteiger partial charge is 0.254 e. The van der Waals surface area contributed by atoms with E-state index in [9.17, 15) is 9.59 Å². The van der Waals surface area contributed by atoms with Crippen LogP contribution >= 0.6 is 11.8 Å². The van der Waals surface area contributed by atoms with Crippen LogP contribution in [0.15, 0.2) is 34.2 Å². The molecule has 1 aliphatic carbocycles. The number of fused-ring (bicyclic) bond motifs is 1. The summed E-state index contributed by atoms with van der Waals surface area (Å²) in [5, 5.41) is 3.04. The summed E-state index contributed by atoms with van der Waals surface area (Å²) in [5.41, 5.74) is 3.52. The maximum Gasteiger partial charge on any atom is 0.254 e. The zero-order valence-electron chi connectivity index (χ0n) is 13.2. The van der Waals surface area contributed by atoms with Gasteiger partial charge in [0.05, 0.1) is 10.9 Å². The number of nitrogens with one attached hydrogen (secondary N) is 2. The minimum atomic E-state index is -0.348. The van der Waals surface area contributed by atoms with Crippen LogP contribution in [0.25, 0.3) is 0 Å². The van der Waals surface area contributed by atoms with E-state index in [2.05, 4.69) is 15.3 Å². The van der Waals surface area contributed by atoms with Gasteiger partial charge in [0, 0.05) is 11.3 Å². The van der Waals surface area contributed by atoms with Crippen molar-refractivity contribution in [2.75, 3.05) is 5.32 Å². The Balaban J connectivity index is 1.68. The van der Waals surface area contributed by atoms with Crippen LogP contribution in [0.2, 0.25) is 0 Å². The van der Waals surface area contributed by atoms with Crippen molar-refractivity contribution in [2.45, 2.75) is 43.5 Å². The number of anilines is 1. The summed E-state index contributed by atoms with van der Waals surface area (Å²) in [6.45, 7) is 3.81. The Kier molecular flexibility index (Phi) is 4.52. The molecule has 5 nitrogen and oxygen atoms in total. The number of aromatic nitrogens is 2. The standard InChI is InChI=1S/C17H19N3O2S/c1-10-6-8-12(9-7-10)18-15(21)11(2)23-17-19-14-5-3-4-13(14)16(22)20-17/h6-9,11H,3-5H2,1-2H3,(H,18,21)(H,19,20,22)/t11-/m1/s1. The molecule has 1 amide bonds. The molecule has 0 fully saturated rings. The number of carbonyl (C=O) groups excluding carboxylic acids is 1. The summed E-state index contributed by atoms with van der Waals surface area (Å²) < 4.78 is 0. The van der Waals surface area contributed by atoms with Gasteiger partial charge in [-0.25, -0.2) is 4.98 Å². The molecular weight excluding hydrogens is 310 g/mol. The molecule has 23 heavy (non-hydrogen) atoms. The SMILES string of the molecule is Cc1ccc(NC(=O)[C@@H](C)Sc2nc3c(c(=O)[nH]2)CCC3)cc1. The molecule has 2 N–H and O–H groups in total. The third-order valence-corrected chi connectivity index (χ3v) is 4.88. The van der Waals surface area contributed by atoms with Gasteiger partial charge >= 0.3 is 0 Å². The van der Waals surface area contributed by atoms with Crippen LogP contribution < -0.4 is 10.9 Å². The van der Waals surface area contributed by atoms with Gasteiger partial charge in [-0.05, 0) is 45.2 Å². The fourth-order valence-electron chi connectivity index (χ4n) is 2.58. The number of aryl methyl sites for hydroxylation is 2. The predicted molar refractivity (Wildman–Crippen MR) is 92.0 cm³/mol. The molecule has 6 heteroatoms. The molecule has 0 unspecified atom stereocenters. The fourth-order valence-corrected chi connectivity index (χ4v) is 3.39. The number of amides is 1. The molecule has 0 aliphatic heterocycles. The van der Waals surface area contributed by atoms with Crippen molar-refractivity contribution in [1.29, 1.82) is 0 Å². The van der Waals surface area contributed by atoms with Gasteiger partial charge in [0.25, 0.3) is 5.56 Å². The van der Waals surface area contributed by atoms with E-state index in [1.165, 1.54) is 11.8 Å². The minimum Gasteiger partial charge on any atom is -0.325 e. The molecule has 1 atom stereocenters. The number of rotatable bonds is 4. The molecule has 0 saturated carbocycles. The average Bonchev–Trinajstić information content (AvgIpc) is 2.98. The predicted octanol–water partition coefficient (Wildman–Crippen LogP) is 2.69. The van der Waals surface area contributed by atoms with Gasteiger partial charge in [0.1, 0.15) is 0 Å². The van der Waals surface area contributed by atoms with Gasteiger partial charge in [-0.3, -0.25) is 9.59 Å². The summed E-state index contributed by atoms with van der Waals surface area (Å²) in [4.78, 5) is 31.5. The van der Waals surface area contributed by atoms with E-state index >= 15 is 0 Å². The summed E-state index contributed by atoms with van der Waals surface area (Å²) in [6.07, 6.45) is 2.62.